The summed E-state index contributed by atoms with van der Waals surface area (Å²) >= 11 is 0. The van der Waals surface area contributed by atoms with Crippen LogP contribution in [0.25, 0.3) is 89.7 Å². The summed E-state index contributed by atoms with van der Waals surface area (Å²) in [5.74, 6) is 1.83. The third-order valence-corrected chi connectivity index (χ3v) is 8.28. The van der Waals surface area contributed by atoms with Crippen molar-refractivity contribution in [2.75, 3.05) is 0 Å². The molecule has 0 N–H and O–H groups in total. The quantitative estimate of drug-likeness (QED) is 0.193. The van der Waals surface area contributed by atoms with Gasteiger partial charge in [-0.3, -0.25) is 0 Å². The predicted octanol–water partition coefficient (Wildman–Crippen LogP) is 9.44. The Morgan fingerprint density at radius 1 is 0.447 bits per heavy atom. The number of fused-ring (bicyclic) bond motifs is 4. The monoisotopic (exact) mass is 604 g/mol. The van der Waals surface area contributed by atoms with E-state index in [0.29, 0.717) is 28.9 Å². The number of nitrogens with zero attached hydrogens (tertiary/aromatic N) is 6. The van der Waals surface area contributed by atoms with Crippen LogP contribution < -0.4 is 0 Å². The smallest absolute Gasteiger partial charge is 0.227 e. The third kappa shape index (κ3) is 4.78. The zero-order valence-corrected chi connectivity index (χ0v) is 24.9. The number of hydrogen-bond acceptors (Lipinski definition) is 7. The minimum absolute atomic E-state index is 0.577. The molecule has 0 radical (unpaired) electrons. The Morgan fingerprint density at radius 2 is 1.09 bits per heavy atom. The number of hydrogen-bond donors (Lipinski definition) is 0. The third-order valence-electron chi connectivity index (χ3n) is 8.28. The standard InChI is InChI=1S/C40H24N6O/c1-3-11-25(12-4-1)37-44-38(26-13-5-2-6-14-26)46-39(45-37)28-16-9-15-27(23-28)29-18-10-19-32-35(29)36(42-24-41-32)33-22-21-31-30-17-7-8-20-34(30)47-40(31)43-33/h1-24H. The number of pyridine rings is 1. The van der Waals surface area contributed by atoms with Crippen LogP contribution in [0.5, 0.6) is 0 Å². The highest BCUT2D eigenvalue weighted by Crippen LogP contribution is 2.37. The number of rotatable bonds is 5. The molecule has 47 heavy (non-hydrogen) atoms. The molecule has 220 valence electrons. The molecule has 5 aromatic carbocycles. The first-order chi connectivity index (χ1) is 23.3. The van der Waals surface area contributed by atoms with Crippen LogP contribution in [0, 0.1) is 0 Å². The van der Waals surface area contributed by atoms with Crippen LogP contribution in [0.2, 0.25) is 0 Å². The van der Waals surface area contributed by atoms with Crippen molar-refractivity contribution in [2.24, 2.45) is 0 Å². The van der Waals surface area contributed by atoms with Gasteiger partial charge in [-0.25, -0.2) is 29.9 Å². The maximum absolute atomic E-state index is 6.12. The largest absolute Gasteiger partial charge is 0.438 e. The maximum Gasteiger partial charge on any atom is 0.227 e. The van der Waals surface area contributed by atoms with E-state index in [1.54, 1.807) is 6.33 Å². The Hall–Kier alpha value is -6.60. The molecule has 7 heteroatoms. The van der Waals surface area contributed by atoms with Gasteiger partial charge in [0.2, 0.25) is 5.71 Å². The normalized spacial score (nSPS) is 11.4. The molecule has 0 unspecified atom stereocenters. The predicted molar refractivity (Wildman–Crippen MR) is 185 cm³/mol. The second-order valence-electron chi connectivity index (χ2n) is 11.2. The van der Waals surface area contributed by atoms with Crippen molar-refractivity contribution >= 4 is 33.0 Å². The molecule has 9 rings (SSSR count). The molecule has 9 aromatic rings. The lowest BCUT2D eigenvalue weighted by Gasteiger charge is -2.12. The summed E-state index contributed by atoms with van der Waals surface area (Å²) in [5.41, 5.74) is 8.34. The Kier molecular flexibility index (Phi) is 6.31. The van der Waals surface area contributed by atoms with Crippen LogP contribution in [0.15, 0.2) is 150 Å². The molecule has 0 saturated heterocycles. The molecular formula is C40H24N6O. The van der Waals surface area contributed by atoms with Crippen molar-refractivity contribution in [3.8, 4) is 56.7 Å². The lowest BCUT2D eigenvalue weighted by molar-refractivity contribution is 0.654. The molecule has 0 aliphatic carbocycles. The zero-order valence-electron chi connectivity index (χ0n) is 24.9. The van der Waals surface area contributed by atoms with Crippen LogP contribution in [0.1, 0.15) is 0 Å². The van der Waals surface area contributed by atoms with Gasteiger partial charge >= 0.3 is 0 Å². The summed E-state index contributed by atoms with van der Waals surface area (Å²) < 4.78 is 6.12. The molecule has 0 aliphatic rings. The number of benzene rings is 5. The van der Waals surface area contributed by atoms with Gasteiger partial charge in [-0.05, 0) is 41.5 Å². The van der Waals surface area contributed by atoms with Gasteiger partial charge in [0, 0.05) is 32.8 Å². The topological polar surface area (TPSA) is 90.5 Å². The summed E-state index contributed by atoms with van der Waals surface area (Å²) in [6.07, 6.45) is 1.59. The molecule has 7 nitrogen and oxygen atoms in total. The number of aromatic nitrogens is 6. The molecule has 0 spiro atoms. The first kappa shape index (κ1) is 26.8. The number of furan rings is 1. The van der Waals surface area contributed by atoms with Gasteiger partial charge in [0.25, 0.3) is 0 Å². The summed E-state index contributed by atoms with van der Waals surface area (Å²) in [6.45, 7) is 0. The van der Waals surface area contributed by atoms with Crippen molar-refractivity contribution in [1.29, 1.82) is 0 Å². The van der Waals surface area contributed by atoms with Crippen molar-refractivity contribution in [1.82, 2.24) is 29.9 Å². The van der Waals surface area contributed by atoms with Crippen LogP contribution >= 0.6 is 0 Å². The van der Waals surface area contributed by atoms with Gasteiger partial charge in [-0.15, -0.1) is 0 Å². The van der Waals surface area contributed by atoms with Crippen molar-refractivity contribution in [3.63, 3.8) is 0 Å². The molecule has 0 aliphatic heterocycles. The lowest BCUT2D eigenvalue weighted by atomic mass is 9.96. The SMILES string of the molecule is c1ccc(-c2nc(-c3ccccc3)nc(-c3cccc(-c4cccc5ncnc(-c6ccc7c(n6)oc6ccccc67)c45)c3)n2)cc1. The Bertz CT molecular complexity index is 2520. The summed E-state index contributed by atoms with van der Waals surface area (Å²) in [5, 5.41) is 2.91. The summed E-state index contributed by atoms with van der Waals surface area (Å²) in [7, 11) is 0. The van der Waals surface area contributed by atoms with E-state index in [1.807, 2.05) is 115 Å². The van der Waals surface area contributed by atoms with Gasteiger partial charge in [0.1, 0.15) is 17.6 Å². The van der Waals surface area contributed by atoms with Gasteiger partial charge in [0.15, 0.2) is 17.5 Å². The fraction of sp³-hybridized carbons (Fsp3) is 0. The molecule has 4 heterocycles. The van der Waals surface area contributed by atoms with Crippen molar-refractivity contribution in [2.45, 2.75) is 0 Å². The van der Waals surface area contributed by atoms with Crippen molar-refractivity contribution < 1.29 is 4.42 Å². The second-order valence-corrected chi connectivity index (χ2v) is 11.2. The first-order valence-corrected chi connectivity index (χ1v) is 15.3. The van der Waals surface area contributed by atoms with E-state index in [4.69, 9.17) is 29.3 Å². The molecule has 0 saturated carbocycles. The zero-order chi connectivity index (χ0) is 31.2. The minimum Gasteiger partial charge on any atom is -0.438 e. The molecular weight excluding hydrogens is 580 g/mol. The maximum atomic E-state index is 6.12. The molecule has 4 aromatic heterocycles. The fourth-order valence-corrected chi connectivity index (χ4v) is 6.05. The molecule has 0 bridgehead atoms. The Morgan fingerprint density at radius 3 is 1.85 bits per heavy atom. The highest BCUT2D eigenvalue weighted by atomic mass is 16.3. The molecule has 0 atom stereocenters. The summed E-state index contributed by atoms with van der Waals surface area (Å²) in [4.78, 5) is 29.0. The lowest BCUT2D eigenvalue weighted by Crippen LogP contribution is -2.00. The minimum atomic E-state index is 0.577. The van der Waals surface area contributed by atoms with Gasteiger partial charge in [0.05, 0.1) is 11.2 Å². The Balaban J connectivity index is 1.20. The van der Waals surface area contributed by atoms with Gasteiger partial charge in [-0.2, -0.15) is 0 Å². The first-order valence-electron chi connectivity index (χ1n) is 15.3. The van der Waals surface area contributed by atoms with Gasteiger partial charge in [-0.1, -0.05) is 109 Å². The van der Waals surface area contributed by atoms with E-state index < -0.39 is 0 Å². The van der Waals surface area contributed by atoms with Crippen LogP contribution in [0.3, 0.4) is 0 Å². The average molecular weight is 605 g/mol. The fourth-order valence-electron chi connectivity index (χ4n) is 6.05. The second kappa shape index (κ2) is 11.1. The van der Waals surface area contributed by atoms with E-state index in [-0.39, 0.29) is 0 Å². The average Bonchev–Trinajstić information content (AvgIpc) is 3.53. The van der Waals surface area contributed by atoms with Gasteiger partial charge < -0.3 is 4.42 Å². The van der Waals surface area contributed by atoms with Crippen LogP contribution in [-0.2, 0) is 0 Å². The Labute approximate surface area is 269 Å². The highest BCUT2D eigenvalue weighted by Gasteiger charge is 2.17. The van der Waals surface area contributed by atoms with E-state index in [1.165, 1.54) is 0 Å². The number of para-hydroxylation sites is 1. The van der Waals surface area contributed by atoms with E-state index >= 15 is 0 Å². The van der Waals surface area contributed by atoms with Crippen molar-refractivity contribution in [3.05, 3.63) is 146 Å². The highest BCUT2D eigenvalue weighted by molar-refractivity contribution is 6.06. The van der Waals surface area contributed by atoms with E-state index in [0.717, 1.165) is 60.8 Å². The molecule has 0 amide bonds. The van der Waals surface area contributed by atoms with Crippen LogP contribution in [0.4, 0.5) is 0 Å². The van der Waals surface area contributed by atoms with E-state index in [2.05, 4.69) is 29.2 Å². The van der Waals surface area contributed by atoms with Crippen LogP contribution in [-0.4, -0.2) is 29.9 Å². The van der Waals surface area contributed by atoms with E-state index in [9.17, 15) is 0 Å². The molecule has 0 fully saturated rings. The summed E-state index contributed by atoms with van der Waals surface area (Å²) in [6, 6.07) is 46.4.